The normalized spacial score (nSPS) is 11.5. The average Bonchev–Trinajstić information content (AvgIpc) is 2.52. The maximum Gasteiger partial charge on any atom is 0.374 e. The molecule has 1 aromatic carbocycles. The molecule has 0 saturated carbocycles. The monoisotopic (exact) mass is 312 g/mol. The molecule has 2 rings (SSSR count). The van der Waals surface area contributed by atoms with Crippen molar-refractivity contribution in [2.75, 3.05) is 6.61 Å². The van der Waals surface area contributed by atoms with Crippen LogP contribution in [0.15, 0.2) is 39.5 Å². The molecule has 0 spiro atoms. The molecule has 1 N–H and O–H groups in total. The van der Waals surface area contributed by atoms with E-state index in [1.807, 2.05) is 0 Å². The Bertz CT molecular complexity index is 891. The van der Waals surface area contributed by atoms with Crippen LogP contribution in [0.5, 0.6) is 0 Å². The van der Waals surface area contributed by atoms with Gasteiger partial charge in [0.25, 0.3) is 0 Å². The Hall–Kier alpha value is -3.27. The van der Waals surface area contributed by atoms with E-state index >= 15 is 0 Å². The van der Waals surface area contributed by atoms with Gasteiger partial charge in [-0.1, -0.05) is 12.1 Å². The lowest BCUT2D eigenvalue weighted by Crippen LogP contribution is -2.25. The number of fused-ring (bicyclic) bond motifs is 1. The van der Waals surface area contributed by atoms with Gasteiger partial charge in [-0.15, -0.1) is 0 Å². The highest BCUT2D eigenvalue weighted by atomic mass is 16.5. The van der Waals surface area contributed by atoms with Crippen molar-refractivity contribution in [1.82, 2.24) is 0 Å². The Morgan fingerprint density at radius 1 is 1.39 bits per heavy atom. The second kappa shape index (κ2) is 6.66. The van der Waals surface area contributed by atoms with Crippen LogP contribution in [-0.4, -0.2) is 24.1 Å². The minimum atomic E-state index is -1.26. The van der Waals surface area contributed by atoms with Gasteiger partial charge in [-0.2, -0.15) is 5.26 Å². The minimum Gasteiger partial charge on any atom is -0.452 e. The van der Waals surface area contributed by atoms with Gasteiger partial charge in [-0.05, 0) is 19.1 Å². The zero-order valence-electron chi connectivity index (χ0n) is 12.2. The first kappa shape index (κ1) is 16.1. The van der Waals surface area contributed by atoms with Gasteiger partial charge in [0.1, 0.15) is 11.5 Å². The quantitative estimate of drug-likeness (QED) is 0.662. The number of Topliss-reactive ketones (excluding diaryl/α,β-unsaturated/α-hetero) is 1. The molecule has 0 saturated heterocycles. The standard InChI is InChI=1S/C16H12N2O5/c1-9(18)11(7-17)13(20)8-22-16(21)15-6-12(19)10-4-2-3-5-14(10)23-15/h2-6,11,18H,8H2,1H3. The average molecular weight is 312 g/mol. The molecule has 1 unspecified atom stereocenters. The van der Waals surface area contributed by atoms with Crippen LogP contribution in [0.4, 0.5) is 0 Å². The van der Waals surface area contributed by atoms with Crippen molar-refractivity contribution in [2.24, 2.45) is 5.92 Å². The summed E-state index contributed by atoms with van der Waals surface area (Å²) in [7, 11) is 0. The van der Waals surface area contributed by atoms with E-state index in [2.05, 4.69) is 0 Å². The summed E-state index contributed by atoms with van der Waals surface area (Å²) in [5.41, 5.74) is -0.315. The highest BCUT2D eigenvalue weighted by Crippen LogP contribution is 2.12. The molecule has 23 heavy (non-hydrogen) atoms. The van der Waals surface area contributed by atoms with E-state index in [0.717, 1.165) is 6.07 Å². The molecule has 0 aliphatic heterocycles. The molecule has 0 bridgehead atoms. The third-order valence-corrected chi connectivity index (χ3v) is 3.07. The SMILES string of the molecule is CC(=N)C(C#N)C(=O)COC(=O)c1cc(=O)c2ccccc2o1. The number of ketones is 1. The zero-order chi connectivity index (χ0) is 17.0. The van der Waals surface area contributed by atoms with E-state index in [1.54, 1.807) is 24.3 Å². The van der Waals surface area contributed by atoms with Gasteiger partial charge in [0.05, 0.1) is 11.5 Å². The third kappa shape index (κ3) is 3.49. The molecule has 7 nitrogen and oxygen atoms in total. The van der Waals surface area contributed by atoms with E-state index in [-0.39, 0.29) is 17.1 Å². The van der Waals surface area contributed by atoms with Crippen molar-refractivity contribution in [1.29, 1.82) is 10.7 Å². The Kier molecular flexibility index (Phi) is 4.66. The van der Waals surface area contributed by atoms with Gasteiger partial charge in [0.15, 0.2) is 17.8 Å². The predicted octanol–water partition coefficient (Wildman–Crippen LogP) is 1.70. The number of nitrogens with one attached hydrogen (secondary N) is 1. The van der Waals surface area contributed by atoms with Crippen LogP contribution in [0, 0.1) is 22.7 Å². The van der Waals surface area contributed by atoms with Gasteiger partial charge in [0, 0.05) is 11.8 Å². The number of hydrogen-bond acceptors (Lipinski definition) is 7. The van der Waals surface area contributed by atoms with Crippen molar-refractivity contribution in [3.63, 3.8) is 0 Å². The van der Waals surface area contributed by atoms with Gasteiger partial charge in [0.2, 0.25) is 5.76 Å². The number of para-hydroxylation sites is 1. The molecule has 7 heteroatoms. The van der Waals surface area contributed by atoms with E-state index in [9.17, 15) is 14.4 Å². The first-order chi connectivity index (χ1) is 10.9. The minimum absolute atomic E-state index is 0.134. The summed E-state index contributed by atoms with van der Waals surface area (Å²) in [6.45, 7) is 0.639. The molecular formula is C16H12N2O5. The molecule has 0 radical (unpaired) electrons. The van der Waals surface area contributed by atoms with Crippen molar-refractivity contribution in [2.45, 2.75) is 6.92 Å². The Labute approximate surface area is 130 Å². The number of carbonyl (C=O) groups is 2. The summed E-state index contributed by atoms with van der Waals surface area (Å²) in [4.78, 5) is 35.5. The first-order valence-corrected chi connectivity index (χ1v) is 6.61. The summed E-state index contributed by atoms with van der Waals surface area (Å²) < 4.78 is 10.0. The van der Waals surface area contributed by atoms with Crippen LogP contribution >= 0.6 is 0 Å². The molecule has 116 valence electrons. The molecule has 0 aliphatic rings. The topological polar surface area (TPSA) is 121 Å². The maximum atomic E-state index is 11.9. The Morgan fingerprint density at radius 3 is 2.74 bits per heavy atom. The highest BCUT2D eigenvalue weighted by Gasteiger charge is 2.22. The molecular weight excluding hydrogens is 300 g/mol. The van der Waals surface area contributed by atoms with Crippen LogP contribution in [0.3, 0.4) is 0 Å². The van der Waals surface area contributed by atoms with Crippen molar-refractivity contribution in [3.05, 3.63) is 46.3 Å². The van der Waals surface area contributed by atoms with Crippen molar-refractivity contribution in [3.8, 4) is 6.07 Å². The van der Waals surface area contributed by atoms with Crippen LogP contribution in [0.1, 0.15) is 17.5 Å². The maximum absolute atomic E-state index is 11.9. The number of rotatable bonds is 5. The number of nitrogens with zero attached hydrogens (tertiary/aromatic N) is 1. The fraction of sp³-hybridized carbons (Fsp3) is 0.188. The molecule has 0 fully saturated rings. The highest BCUT2D eigenvalue weighted by molar-refractivity contribution is 6.06. The van der Waals surface area contributed by atoms with Crippen LogP contribution in [0.2, 0.25) is 0 Å². The zero-order valence-corrected chi connectivity index (χ0v) is 12.2. The van der Waals surface area contributed by atoms with Crippen molar-refractivity contribution >= 4 is 28.4 Å². The van der Waals surface area contributed by atoms with Gasteiger partial charge in [-0.25, -0.2) is 4.79 Å². The number of nitriles is 1. The second-order valence-electron chi connectivity index (χ2n) is 4.76. The third-order valence-electron chi connectivity index (χ3n) is 3.07. The fourth-order valence-electron chi connectivity index (χ4n) is 1.91. The summed E-state index contributed by atoms with van der Waals surface area (Å²) in [6.07, 6.45) is 0. The van der Waals surface area contributed by atoms with E-state index in [1.165, 1.54) is 13.0 Å². The molecule has 1 heterocycles. The van der Waals surface area contributed by atoms with E-state index in [4.69, 9.17) is 19.8 Å². The Balaban J connectivity index is 2.16. The second-order valence-corrected chi connectivity index (χ2v) is 4.76. The van der Waals surface area contributed by atoms with Gasteiger partial charge < -0.3 is 14.6 Å². The summed E-state index contributed by atoms with van der Waals surface area (Å²) >= 11 is 0. The molecule has 0 aliphatic carbocycles. The smallest absolute Gasteiger partial charge is 0.374 e. The summed E-state index contributed by atoms with van der Waals surface area (Å²) in [6, 6.07) is 9.05. The van der Waals surface area contributed by atoms with E-state index in [0.29, 0.717) is 5.39 Å². The predicted molar refractivity (Wildman–Crippen MR) is 80.3 cm³/mol. The Morgan fingerprint density at radius 2 is 2.09 bits per heavy atom. The van der Waals surface area contributed by atoms with Crippen LogP contribution in [0.25, 0.3) is 11.0 Å². The first-order valence-electron chi connectivity index (χ1n) is 6.61. The molecule has 2 aromatic rings. The van der Waals surface area contributed by atoms with Gasteiger partial charge in [-0.3, -0.25) is 9.59 Å². The lowest BCUT2D eigenvalue weighted by atomic mass is 10.0. The fourth-order valence-corrected chi connectivity index (χ4v) is 1.91. The number of esters is 1. The van der Waals surface area contributed by atoms with Crippen LogP contribution < -0.4 is 5.43 Å². The number of ether oxygens (including phenoxy) is 1. The molecule has 0 amide bonds. The van der Waals surface area contributed by atoms with Crippen molar-refractivity contribution < 1.29 is 18.7 Å². The molecule has 1 atom stereocenters. The lowest BCUT2D eigenvalue weighted by molar-refractivity contribution is -0.122. The lowest BCUT2D eigenvalue weighted by Gasteiger charge is -2.07. The van der Waals surface area contributed by atoms with Gasteiger partial charge >= 0.3 is 5.97 Å². The van der Waals surface area contributed by atoms with Crippen LogP contribution in [-0.2, 0) is 9.53 Å². The summed E-state index contributed by atoms with van der Waals surface area (Å²) in [5.74, 6) is -3.29. The number of benzene rings is 1. The largest absolute Gasteiger partial charge is 0.452 e. The number of carbonyl (C=O) groups excluding carboxylic acids is 2. The molecule has 1 aromatic heterocycles. The van der Waals surface area contributed by atoms with E-state index < -0.39 is 29.7 Å². The number of hydrogen-bond donors (Lipinski definition) is 1. The summed E-state index contributed by atoms with van der Waals surface area (Å²) in [5, 5.41) is 16.4.